The molecular weight excluding hydrogens is 534 g/mol. The summed E-state index contributed by atoms with van der Waals surface area (Å²) in [6.45, 7) is 6.34. The van der Waals surface area contributed by atoms with Crippen LogP contribution in [-0.2, 0) is 18.4 Å². The van der Waals surface area contributed by atoms with E-state index < -0.39 is 0 Å². The molecule has 2 aliphatic rings. The maximum absolute atomic E-state index is 13.7. The monoisotopic (exact) mass is 558 g/mol. The second-order valence-electron chi connectivity index (χ2n) is 8.63. The number of benzene rings is 1. The Morgan fingerprint density at radius 1 is 1.17 bits per heavy atom. The Hall–Kier alpha value is -2.66. The molecule has 0 spiro atoms. The van der Waals surface area contributed by atoms with Crippen LogP contribution in [0.4, 0.5) is 5.13 Å². The van der Waals surface area contributed by atoms with E-state index in [1.54, 1.807) is 9.47 Å². The van der Waals surface area contributed by atoms with Gasteiger partial charge in [-0.25, -0.2) is 4.57 Å². The summed E-state index contributed by atoms with van der Waals surface area (Å²) in [5.74, 6) is -0.131. The molecule has 3 aromatic rings. The SMILES string of the molecule is CCn1c(=C2SC(=Nc3sc4cc(Cl)ccc4[n+]3C)N(C(C)C)C2=O)sc(=C2C=CC=CN2C)c1=O. The van der Waals surface area contributed by atoms with Gasteiger partial charge in [-0.05, 0) is 79.2 Å². The molecular formula is C25H25ClN5O2S3+. The summed E-state index contributed by atoms with van der Waals surface area (Å²) in [5, 5.41) is 2.05. The highest BCUT2D eigenvalue weighted by Gasteiger charge is 2.41. The predicted molar refractivity (Wildman–Crippen MR) is 151 cm³/mol. The van der Waals surface area contributed by atoms with E-state index in [2.05, 4.69) is 0 Å². The van der Waals surface area contributed by atoms with E-state index in [9.17, 15) is 9.59 Å². The molecule has 0 unspecified atom stereocenters. The smallest absolute Gasteiger partial charge is 0.350 e. The summed E-state index contributed by atoms with van der Waals surface area (Å²) >= 11 is 10.4. The number of hydrogen-bond donors (Lipinski definition) is 0. The largest absolute Gasteiger partial charge is 0.385 e. The second-order valence-corrected chi connectivity index (χ2v) is 12.1. The number of rotatable bonds is 3. The molecule has 2 aliphatic heterocycles. The molecule has 1 aromatic carbocycles. The third-order valence-corrected chi connectivity index (χ3v) is 9.68. The Morgan fingerprint density at radius 2 is 1.94 bits per heavy atom. The standard InChI is InChI=1S/C25H25ClN5O2S3/c1-6-30-21(32)19(17-9-7-8-12-28(17)4)35-23(30)20-22(33)31(14(2)3)25(36-20)27-24-29(5)16-11-10-15(26)13-18(16)34-24/h7-14H,6H2,1-5H3/q+1. The average Bonchev–Trinajstić information content (AvgIpc) is 3.44. The van der Waals surface area contributed by atoms with Gasteiger partial charge in [-0.3, -0.25) is 19.1 Å². The number of fused-ring (bicyclic) bond motifs is 1. The van der Waals surface area contributed by atoms with Crippen LogP contribution >= 0.6 is 46.0 Å². The van der Waals surface area contributed by atoms with Gasteiger partial charge in [-0.2, -0.15) is 0 Å². The van der Waals surface area contributed by atoms with E-state index in [1.807, 2.05) is 87.0 Å². The zero-order valence-corrected chi connectivity index (χ0v) is 23.7. The van der Waals surface area contributed by atoms with Crippen molar-refractivity contribution in [2.45, 2.75) is 33.4 Å². The van der Waals surface area contributed by atoms with Gasteiger partial charge in [-0.15, -0.1) is 11.3 Å². The first-order valence-corrected chi connectivity index (χ1v) is 14.3. The first kappa shape index (κ1) is 25.0. The molecule has 186 valence electrons. The summed E-state index contributed by atoms with van der Waals surface area (Å²) in [7, 11) is 3.87. The van der Waals surface area contributed by atoms with Gasteiger partial charge in [-0.1, -0.05) is 17.7 Å². The van der Waals surface area contributed by atoms with Crippen LogP contribution in [0.3, 0.4) is 0 Å². The van der Waals surface area contributed by atoms with Crippen LogP contribution < -0.4 is 19.3 Å². The number of carbonyl (C=O) groups is 1. The van der Waals surface area contributed by atoms with E-state index in [4.69, 9.17) is 16.6 Å². The van der Waals surface area contributed by atoms with Crippen molar-refractivity contribution in [2.75, 3.05) is 7.05 Å². The predicted octanol–water partition coefficient (Wildman–Crippen LogP) is 3.53. The molecule has 1 fully saturated rings. The molecule has 0 saturated carbocycles. The molecule has 5 rings (SSSR count). The highest BCUT2D eigenvalue weighted by Crippen LogP contribution is 2.36. The number of carbonyl (C=O) groups excluding carboxylic acids is 1. The minimum Gasteiger partial charge on any atom is -0.350 e. The Bertz CT molecular complexity index is 1680. The zero-order chi connectivity index (χ0) is 25.7. The second kappa shape index (κ2) is 9.66. The summed E-state index contributed by atoms with van der Waals surface area (Å²) in [6.07, 6.45) is 7.67. The van der Waals surface area contributed by atoms with E-state index in [1.165, 1.54) is 34.4 Å². The zero-order valence-electron chi connectivity index (χ0n) is 20.5. The van der Waals surface area contributed by atoms with Crippen LogP contribution in [0.5, 0.6) is 0 Å². The van der Waals surface area contributed by atoms with Crippen LogP contribution in [-0.4, -0.2) is 38.5 Å². The highest BCUT2D eigenvalue weighted by atomic mass is 35.5. The molecule has 4 heterocycles. The number of nitrogens with zero attached hydrogens (tertiary/aromatic N) is 5. The Balaban J connectivity index is 1.71. The molecule has 11 heteroatoms. The van der Waals surface area contributed by atoms with Gasteiger partial charge in [0.25, 0.3) is 16.6 Å². The van der Waals surface area contributed by atoms with Crippen molar-refractivity contribution >= 4 is 83.1 Å². The summed E-state index contributed by atoms with van der Waals surface area (Å²) in [4.78, 5) is 36.2. The molecule has 0 radical (unpaired) electrons. The third-order valence-electron chi connectivity index (χ3n) is 5.97. The summed E-state index contributed by atoms with van der Waals surface area (Å²) in [6, 6.07) is 5.66. The van der Waals surface area contributed by atoms with Gasteiger partial charge in [0, 0.05) is 30.9 Å². The number of aryl methyl sites for hydroxylation is 1. The van der Waals surface area contributed by atoms with Crippen molar-refractivity contribution in [3.05, 3.63) is 67.2 Å². The van der Waals surface area contributed by atoms with Crippen molar-refractivity contribution in [2.24, 2.45) is 12.0 Å². The molecule has 7 nitrogen and oxygen atoms in total. The molecule has 0 aliphatic carbocycles. The van der Waals surface area contributed by atoms with Gasteiger partial charge in [0.15, 0.2) is 0 Å². The quantitative estimate of drug-likeness (QED) is 0.462. The van der Waals surface area contributed by atoms with Crippen LogP contribution in [0.1, 0.15) is 20.8 Å². The summed E-state index contributed by atoms with van der Waals surface area (Å²) in [5.41, 5.74) is 1.76. The lowest BCUT2D eigenvalue weighted by molar-refractivity contribution is -0.627. The van der Waals surface area contributed by atoms with E-state index >= 15 is 0 Å². The van der Waals surface area contributed by atoms with Crippen LogP contribution in [0, 0.1) is 0 Å². The van der Waals surface area contributed by atoms with E-state index in [0.717, 1.165) is 21.0 Å². The first-order valence-electron chi connectivity index (χ1n) is 11.5. The number of likely N-dealkylation sites (N-methyl/N-ethyl adjacent to an activating group) is 1. The normalized spacial score (nSPS) is 20.2. The number of aromatic nitrogens is 2. The number of thiazole rings is 2. The highest BCUT2D eigenvalue weighted by molar-refractivity contribution is 8.23. The van der Waals surface area contributed by atoms with Crippen LogP contribution in [0.25, 0.3) is 20.8 Å². The topological polar surface area (TPSA) is 61.8 Å². The van der Waals surface area contributed by atoms with Gasteiger partial charge in [0.2, 0.25) is 0 Å². The molecule has 1 amide bonds. The summed E-state index contributed by atoms with van der Waals surface area (Å²) < 4.78 is 6.00. The average molecular weight is 559 g/mol. The number of amides is 1. The fourth-order valence-electron chi connectivity index (χ4n) is 4.13. The van der Waals surface area contributed by atoms with Gasteiger partial charge >= 0.3 is 5.13 Å². The van der Waals surface area contributed by atoms with Crippen LogP contribution in [0.15, 0.2) is 52.4 Å². The number of amidine groups is 1. The molecule has 0 N–H and O–H groups in total. The number of aliphatic imine (C=N–C) groups is 1. The lowest BCUT2D eigenvalue weighted by Gasteiger charge is -2.16. The maximum atomic E-state index is 13.7. The fourth-order valence-corrected chi connectivity index (χ4v) is 8.04. The number of thioether (sulfide) groups is 1. The minimum atomic E-state index is -0.131. The number of allylic oxidation sites excluding steroid dienone is 2. The minimum absolute atomic E-state index is 0.0885. The Kier molecular flexibility index (Phi) is 6.71. The molecule has 0 bridgehead atoms. The molecule has 2 aromatic heterocycles. The van der Waals surface area contributed by atoms with Crippen molar-refractivity contribution in [3.63, 3.8) is 0 Å². The fraction of sp³-hybridized carbons (Fsp3) is 0.280. The number of hydrogen-bond acceptors (Lipinski definition) is 7. The maximum Gasteiger partial charge on any atom is 0.385 e. The molecule has 36 heavy (non-hydrogen) atoms. The molecule has 0 atom stereocenters. The number of halogens is 1. The van der Waals surface area contributed by atoms with Gasteiger partial charge in [0.05, 0.1) is 17.4 Å². The van der Waals surface area contributed by atoms with Crippen molar-refractivity contribution in [1.29, 1.82) is 0 Å². The lowest BCUT2D eigenvalue weighted by Crippen LogP contribution is -2.37. The van der Waals surface area contributed by atoms with Crippen LogP contribution in [0.2, 0.25) is 5.02 Å². The molecule has 1 saturated heterocycles. The van der Waals surface area contributed by atoms with E-state index in [-0.39, 0.29) is 17.5 Å². The van der Waals surface area contributed by atoms with Gasteiger partial charge in [0.1, 0.15) is 19.6 Å². The van der Waals surface area contributed by atoms with Crippen molar-refractivity contribution in [1.82, 2.24) is 14.4 Å². The Morgan fingerprint density at radius 3 is 2.64 bits per heavy atom. The van der Waals surface area contributed by atoms with Crippen molar-refractivity contribution < 1.29 is 9.36 Å². The van der Waals surface area contributed by atoms with Gasteiger partial charge < -0.3 is 4.90 Å². The lowest BCUT2D eigenvalue weighted by atomic mass is 10.3. The first-order chi connectivity index (χ1) is 17.2. The third kappa shape index (κ3) is 4.15. The van der Waals surface area contributed by atoms with E-state index in [0.29, 0.717) is 30.8 Å². The Labute approximate surface area is 225 Å². The van der Waals surface area contributed by atoms with Crippen molar-refractivity contribution in [3.8, 4) is 0 Å².